The summed E-state index contributed by atoms with van der Waals surface area (Å²) >= 11 is 3.80. The first-order valence-corrected chi connectivity index (χ1v) is 9.75. The van der Waals surface area contributed by atoms with Crippen molar-refractivity contribution in [3.8, 4) is 0 Å². The summed E-state index contributed by atoms with van der Waals surface area (Å²) in [6.07, 6.45) is 0. The van der Waals surface area contributed by atoms with Crippen LogP contribution in [0.2, 0.25) is 0 Å². The molecule has 0 aliphatic carbocycles. The van der Waals surface area contributed by atoms with Gasteiger partial charge in [0.1, 0.15) is 0 Å². The maximum Gasteiger partial charge on any atom is 0.0741 e. The van der Waals surface area contributed by atoms with Crippen LogP contribution in [0.1, 0.15) is 16.7 Å². The van der Waals surface area contributed by atoms with Crippen molar-refractivity contribution in [3.63, 3.8) is 0 Å². The minimum absolute atomic E-state index is 1.30. The number of benzene rings is 3. The summed E-state index contributed by atoms with van der Waals surface area (Å²) in [6, 6.07) is 18.2. The van der Waals surface area contributed by atoms with E-state index in [9.17, 15) is 0 Å². The standard InChI is InChI=1S/C21H17NS2/c1-12-4-6-15-17(8-12)23-19-10-14(3)11-20-21(19)22(15)16-7-5-13(2)9-18(16)24-20/h4-11H,1-3H3. The fourth-order valence-electron chi connectivity index (χ4n) is 3.47. The van der Waals surface area contributed by atoms with E-state index in [0.717, 1.165) is 0 Å². The Morgan fingerprint density at radius 3 is 1.54 bits per heavy atom. The highest BCUT2D eigenvalue weighted by atomic mass is 32.2. The average molecular weight is 348 g/mol. The molecular weight excluding hydrogens is 330 g/mol. The average Bonchev–Trinajstić information content (AvgIpc) is 2.53. The molecule has 5 rings (SSSR count). The van der Waals surface area contributed by atoms with Crippen LogP contribution < -0.4 is 4.90 Å². The third kappa shape index (κ3) is 2.04. The third-order valence-electron chi connectivity index (χ3n) is 4.56. The molecular formula is C21H17NS2. The van der Waals surface area contributed by atoms with Gasteiger partial charge in [-0.1, -0.05) is 35.7 Å². The second-order valence-electron chi connectivity index (χ2n) is 6.59. The van der Waals surface area contributed by atoms with E-state index < -0.39 is 0 Å². The first-order chi connectivity index (χ1) is 11.6. The smallest absolute Gasteiger partial charge is 0.0741 e. The van der Waals surface area contributed by atoms with Crippen LogP contribution >= 0.6 is 23.5 Å². The lowest BCUT2D eigenvalue weighted by Crippen LogP contribution is -2.19. The molecule has 0 saturated carbocycles. The monoisotopic (exact) mass is 347 g/mol. The Kier molecular flexibility index (Phi) is 3.07. The summed E-state index contributed by atoms with van der Waals surface area (Å²) < 4.78 is 0. The Balaban J connectivity index is 1.85. The van der Waals surface area contributed by atoms with E-state index >= 15 is 0 Å². The highest BCUT2D eigenvalue weighted by Crippen LogP contribution is 2.60. The van der Waals surface area contributed by atoms with Gasteiger partial charge in [-0.25, -0.2) is 0 Å². The van der Waals surface area contributed by atoms with Gasteiger partial charge in [-0.05, 0) is 73.9 Å². The number of hydrogen-bond donors (Lipinski definition) is 0. The van der Waals surface area contributed by atoms with Crippen molar-refractivity contribution in [2.24, 2.45) is 0 Å². The predicted molar refractivity (Wildman–Crippen MR) is 104 cm³/mol. The second-order valence-corrected chi connectivity index (χ2v) is 8.76. The molecule has 0 N–H and O–H groups in total. The van der Waals surface area contributed by atoms with E-state index in [2.05, 4.69) is 74.2 Å². The van der Waals surface area contributed by atoms with Crippen LogP contribution in [-0.2, 0) is 0 Å². The van der Waals surface area contributed by atoms with Crippen molar-refractivity contribution in [2.45, 2.75) is 40.4 Å². The number of hydrogen-bond acceptors (Lipinski definition) is 3. The second kappa shape index (κ2) is 5.08. The Labute approximate surface area is 151 Å². The molecule has 0 saturated heterocycles. The summed E-state index contributed by atoms with van der Waals surface area (Å²) in [5, 5.41) is 0. The van der Waals surface area contributed by atoms with Gasteiger partial charge in [0, 0.05) is 19.6 Å². The molecule has 2 heterocycles. The Morgan fingerprint density at radius 1 is 0.583 bits per heavy atom. The van der Waals surface area contributed by atoms with Gasteiger partial charge in [-0.2, -0.15) is 0 Å². The van der Waals surface area contributed by atoms with Crippen molar-refractivity contribution in [1.29, 1.82) is 0 Å². The Bertz CT molecular complexity index is 930. The molecule has 24 heavy (non-hydrogen) atoms. The van der Waals surface area contributed by atoms with Crippen LogP contribution in [0.15, 0.2) is 68.1 Å². The number of anilines is 3. The highest BCUT2D eigenvalue weighted by molar-refractivity contribution is 8.00. The van der Waals surface area contributed by atoms with Crippen LogP contribution in [-0.4, -0.2) is 0 Å². The maximum atomic E-state index is 2.46. The molecule has 0 unspecified atom stereocenters. The topological polar surface area (TPSA) is 3.24 Å². The normalized spacial score (nSPS) is 14.0. The molecule has 2 aliphatic rings. The molecule has 0 radical (unpaired) electrons. The van der Waals surface area contributed by atoms with Crippen LogP contribution in [0, 0.1) is 20.8 Å². The number of fused-ring (bicyclic) bond motifs is 4. The van der Waals surface area contributed by atoms with E-state index in [1.807, 2.05) is 23.5 Å². The van der Waals surface area contributed by atoms with Gasteiger partial charge in [-0.3, -0.25) is 0 Å². The van der Waals surface area contributed by atoms with Gasteiger partial charge in [0.25, 0.3) is 0 Å². The van der Waals surface area contributed by atoms with Gasteiger partial charge in [-0.15, -0.1) is 0 Å². The van der Waals surface area contributed by atoms with Crippen molar-refractivity contribution in [1.82, 2.24) is 0 Å². The van der Waals surface area contributed by atoms with Crippen molar-refractivity contribution in [2.75, 3.05) is 4.90 Å². The van der Waals surface area contributed by atoms with E-state index in [4.69, 9.17) is 0 Å². The number of nitrogens with zero attached hydrogens (tertiary/aromatic N) is 1. The summed E-state index contributed by atoms with van der Waals surface area (Å²) in [4.78, 5) is 7.87. The van der Waals surface area contributed by atoms with Crippen LogP contribution in [0.5, 0.6) is 0 Å². The van der Waals surface area contributed by atoms with E-state index in [1.165, 1.54) is 53.3 Å². The van der Waals surface area contributed by atoms with Gasteiger partial charge in [0.2, 0.25) is 0 Å². The van der Waals surface area contributed by atoms with Gasteiger partial charge >= 0.3 is 0 Å². The van der Waals surface area contributed by atoms with Crippen molar-refractivity contribution >= 4 is 40.6 Å². The largest absolute Gasteiger partial charge is 0.306 e. The zero-order chi connectivity index (χ0) is 16.4. The molecule has 0 aromatic heterocycles. The summed E-state index contributed by atoms with van der Waals surface area (Å²) in [7, 11) is 0. The van der Waals surface area contributed by atoms with E-state index in [0.29, 0.717) is 0 Å². The van der Waals surface area contributed by atoms with Crippen molar-refractivity contribution in [3.05, 3.63) is 65.2 Å². The quantitative estimate of drug-likeness (QED) is 0.296. The molecule has 2 aliphatic heterocycles. The third-order valence-corrected chi connectivity index (χ3v) is 6.72. The SMILES string of the molecule is Cc1ccc2c(c1)Sc1cc(C)cc3c1N2c1ccc(C)cc1S3. The van der Waals surface area contributed by atoms with Gasteiger partial charge < -0.3 is 4.90 Å². The van der Waals surface area contributed by atoms with Gasteiger partial charge in [0.15, 0.2) is 0 Å². The number of aryl methyl sites for hydroxylation is 3. The first kappa shape index (κ1) is 14.5. The summed E-state index contributed by atoms with van der Waals surface area (Å²) in [5.74, 6) is 0. The lowest BCUT2D eigenvalue weighted by molar-refractivity contribution is 1.07. The zero-order valence-corrected chi connectivity index (χ0v) is 15.5. The molecule has 0 fully saturated rings. The number of rotatable bonds is 0. The lowest BCUT2D eigenvalue weighted by atomic mass is 10.1. The molecule has 0 atom stereocenters. The predicted octanol–water partition coefficient (Wildman–Crippen LogP) is 7.01. The molecule has 0 amide bonds. The van der Waals surface area contributed by atoms with Crippen LogP contribution in [0.3, 0.4) is 0 Å². The van der Waals surface area contributed by atoms with E-state index in [-0.39, 0.29) is 0 Å². The maximum absolute atomic E-state index is 2.46. The molecule has 118 valence electrons. The van der Waals surface area contributed by atoms with E-state index in [1.54, 1.807) is 0 Å². The fourth-order valence-corrected chi connectivity index (χ4v) is 6.11. The molecule has 3 aromatic rings. The fraction of sp³-hybridized carbons (Fsp3) is 0.143. The van der Waals surface area contributed by atoms with Gasteiger partial charge in [0.05, 0.1) is 17.1 Å². The molecule has 3 aromatic carbocycles. The Hall–Kier alpha value is -1.84. The molecule has 0 bridgehead atoms. The lowest BCUT2D eigenvalue weighted by Gasteiger charge is -2.38. The Morgan fingerprint density at radius 2 is 1.04 bits per heavy atom. The molecule has 3 heteroatoms. The summed E-state index contributed by atoms with van der Waals surface area (Å²) in [6.45, 7) is 6.53. The van der Waals surface area contributed by atoms with Crippen LogP contribution in [0.25, 0.3) is 0 Å². The molecule has 1 nitrogen and oxygen atoms in total. The highest BCUT2D eigenvalue weighted by Gasteiger charge is 2.32. The van der Waals surface area contributed by atoms with Crippen LogP contribution in [0.4, 0.5) is 17.1 Å². The molecule has 0 spiro atoms. The summed E-state index contributed by atoms with van der Waals surface area (Å²) in [5.41, 5.74) is 7.91. The zero-order valence-electron chi connectivity index (χ0n) is 13.9. The van der Waals surface area contributed by atoms with Crippen molar-refractivity contribution < 1.29 is 0 Å². The first-order valence-electron chi connectivity index (χ1n) is 8.12. The minimum Gasteiger partial charge on any atom is -0.306 e. The minimum atomic E-state index is 1.30.